The Balaban J connectivity index is 2.45. The van der Waals surface area contributed by atoms with Gasteiger partial charge in [0.05, 0.1) is 6.61 Å². The molecule has 0 radical (unpaired) electrons. The van der Waals surface area contributed by atoms with E-state index in [2.05, 4.69) is 4.74 Å². The van der Waals surface area contributed by atoms with Gasteiger partial charge in [-0.15, -0.1) is 0 Å². The molecule has 66 valence electrons. The van der Waals surface area contributed by atoms with Gasteiger partial charge in [0, 0.05) is 7.11 Å². The van der Waals surface area contributed by atoms with Gasteiger partial charge in [-0.05, 0) is 0 Å². The lowest BCUT2D eigenvalue weighted by Crippen LogP contribution is -2.34. The molecule has 0 aromatic carbocycles. The monoisotopic (exact) mass is 164 g/mol. The van der Waals surface area contributed by atoms with E-state index in [1.54, 1.807) is 0 Å². The average Bonchev–Trinajstić information content (AvgIpc) is 2.19. The molecular weight excluding hydrogens is 152 g/mol. The summed E-state index contributed by atoms with van der Waals surface area (Å²) in [6, 6.07) is 0. The van der Waals surface area contributed by atoms with E-state index in [9.17, 15) is 0 Å². The van der Waals surface area contributed by atoms with Gasteiger partial charge in [0.15, 0.2) is 6.29 Å². The minimum Gasteiger partial charge on any atom is -0.387 e. The van der Waals surface area contributed by atoms with Gasteiger partial charge in [-0.1, -0.05) is 0 Å². The molecule has 0 bridgehead atoms. The molecule has 1 fully saturated rings. The highest BCUT2D eigenvalue weighted by atomic mass is 16.7. The van der Waals surface area contributed by atoms with E-state index >= 15 is 0 Å². The fourth-order valence-electron chi connectivity index (χ4n) is 1.03. The van der Waals surface area contributed by atoms with E-state index in [0.717, 1.165) is 0 Å². The molecule has 1 heterocycles. The molecular formula is C6H12O5. The van der Waals surface area contributed by atoms with E-state index in [4.69, 9.17) is 20.1 Å². The Labute approximate surface area is 64.2 Å². The molecule has 4 atom stereocenters. The first-order valence-corrected chi connectivity index (χ1v) is 3.35. The number of hydrogen-bond acceptors (Lipinski definition) is 5. The molecule has 0 aromatic rings. The van der Waals surface area contributed by atoms with Crippen molar-refractivity contribution in [3.8, 4) is 0 Å². The van der Waals surface area contributed by atoms with Crippen molar-refractivity contribution in [1.82, 2.24) is 0 Å². The Kier molecular flexibility index (Phi) is 2.80. The average molecular weight is 164 g/mol. The number of rotatable bonds is 2. The van der Waals surface area contributed by atoms with Gasteiger partial charge in [0.2, 0.25) is 0 Å². The third kappa shape index (κ3) is 1.69. The molecule has 0 aliphatic carbocycles. The van der Waals surface area contributed by atoms with E-state index in [-0.39, 0.29) is 6.61 Å². The Bertz CT molecular complexity index is 128. The Morgan fingerprint density at radius 3 is 2.27 bits per heavy atom. The Morgan fingerprint density at radius 2 is 1.91 bits per heavy atom. The Hall–Kier alpha value is -0.200. The predicted octanol–water partition coefficient (Wildman–Crippen LogP) is -1.93. The molecule has 1 saturated heterocycles. The largest absolute Gasteiger partial charge is 0.387 e. The molecule has 11 heavy (non-hydrogen) atoms. The summed E-state index contributed by atoms with van der Waals surface area (Å²) in [4.78, 5) is 0. The van der Waals surface area contributed by atoms with Crippen molar-refractivity contribution in [3.05, 3.63) is 0 Å². The summed E-state index contributed by atoms with van der Waals surface area (Å²) in [5.41, 5.74) is 0. The zero-order valence-corrected chi connectivity index (χ0v) is 6.17. The van der Waals surface area contributed by atoms with Crippen molar-refractivity contribution >= 4 is 0 Å². The second-order valence-corrected chi connectivity index (χ2v) is 2.50. The summed E-state index contributed by atoms with van der Waals surface area (Å²) >= 11 is 0. The highest BCUT2D eigenvalue weighted by Crippen LogP contribution is 2.19. The number of aliphatic hydroxyl groups excluding tert-OH is 3. The van der Waals surface area contributed by atoms with Gasteiger partial charge in [-0.2, -0.15) is 0 Å². The van der Waals surface area contributed by atoms with Crippen molar-refractivity contribution in [1.29, 1.82) is 0 Å². The number of methoxy groups -OCH3 is 1. The summed E-state index contributed by atoms with van der Waals surface area (Å²) in [6.45, 7) is 0.162. The van der Waals surface area contributed by atoms with Gasteiger partial charge >= 0.3 is 0 Å². The van der Waals surface area contributed by atoms with Gasteiger partial charge in [-0.3, -0.25) is 0 Å². The van der Waals surface area contributed by atoms with Crippen LogP contribution in [-0.2, 0) is 9.47 Å². The van der Waals surface area contributed by atoms with Crippen LogP contribution in [0.1, 0.15) is 0 Å². The first-order chi connectivity index (χ1) is 5.16. The zero-order valence-electron chi connectivity index (χ0n) is 6.17. The lowest BCUT2D eigenvalue weighted by atomic mass is 10.1. The number of ether oxygens (including phenoxy) is 2. The highest BCUT2D eigenvalue weighted by molar-refractivity contribution is 4.85. The quantitative estimate of drug-likeness (QED) is 0.443. The zero-order chi connectivity index (χ0) is 8.43. The van der Waals surface area contributed by atoms with Crippen LogP contribution in [0.2, 0.25) is 0 Å². The van der Waals surface area contributed by atoms with Crippen LogP contribution < -0.4 is 0 Å². The molecule has 2 unspecified atom stereocenters. The van der Waals surface area contributed by atoms with Gasteiger partial charge in [0.25, 0.3) is 0 Å². The maximum atomic E-state index is 9.14. The topological polar surface area (TPSA) is 79.2 Å². The first kappa shape index (κ1) is 8.89. The fourth-order valence-corrected chi connectivity index (χ4v) is 1.03. The van der Waals surface area contributed by atoms with Crippen molar-refractivity contribution < 1.29 is 24.8 Å². The minimum absolute atomic E-state index is 0.162. The predicted molar refractivity (Wildman–Crippen MR) is 34.8 cm³/mol. The molecule has 0 saturated carbocycles. The maximum Gasteiger partial charge on any atom is 0.184 e. The summed E-state index contributed by atoms with van der Waals surface area (Å²) in [7, 11) is 1.45. The number of hydrogen-bond donors (Lipinski definition) is 3. The second-order valence-electron chi connectivity index (χ2n) is 2.50. The highest BCUT2D eigenvalue weighted by Gasteiger charge is 2.41. The standard InChI is InChI=1S/C6H12O5/c1-10-2-3-4(7)5(8)6(9)11-3/h3-9H,2H2,1H3/t3?,4-,5-,6?/m1/s1. The molecule has 5 nitrogen and oxygen atoms in total. The van der Waals surface area contributed by atoms with Crippen LogP contribution in [0, 0.1) is 0 Å². The van der Waals surface area contributed by atoms with Crippen molar-refractivity contribution in [2.45, 2.75) is 24.6 Å². The van der Waals surface area contributed by atoms with Crippen LogP contribution in [0.5, 0.6) is 0 Å². The molecule has 1 rings (SSSR count). The Morgan fingerprint density at radius 1 is 1.27 bits per heavy atom. The second kappa shape index (κ2) is 3.46. The number of aliphatic hydroxyl groups is 3. The molecule has 0 aromatic heterocycles. The van der Waals surface area contributed by atoms with Crippen LogP contribution in [-0.4, -0.2) is 53.6 Å². The van der Waals surface area contributed by atoms with Gasteiger partial charge in [-0.25, -0.2) is 0 Å². The van der Waals surface area contributed by atoms with Crippen molar-refractivity contribution in [2.24, 2.45) is 0 Å². The molecule has 3 N–H and O–H groups in total. The maximum absolute atomic E-state index is 9.14. The van der Waals surface area contributed by atoms with Crippen LogP contribution in [0.15, 0.2) is 0 Å². The lowest BCUT2D eigenvalue weighted by molar-refractivity contribution is -0.134. The van der Waals surface area contributed by atoms with Crippen LogP contribution in [0.25, 0.3) is 0 Å². The lowest BCUT2D eigenvalue weighted by Gasteiger charge is -2.11. The first-order valence-electron chi connectivity index (χ1n) is 3.35. The fraction of sp³-hybridized carbons (Fsp3) is 1.00. The van der Waals surface area contributed by atoms with Gasteiger partial charge < -0.3 is 24.8 Å². The molecule has 1 aliphatic heterocycles. The van der Waals surface area contributed by atoms with Crippen molar-refractivity contribution in [3.63, 3.8) is 0 Å². The summed E-state index contributed by atoms with van der Waals surface area (Å²) in [6.07, 6.45) is -4.23. The summed E-state index contributed by atoms with van der Waals surface area (Å²) in [5.74, 6) is 0. The molecule has 5 heteroatoms. The molecule has 0 spiro atoms. The summed E-state index contributed by atoms with van der Waals surface area (Å²) in [5, 5.41) is 27.0. The molecule has 1 aliphatic rings. The van der Waals surface area contributed by atoms with E-state index in [1.165, 1.54) is 7.11 Å². The third-order valence-corrected chi connectivity index (χ3v) is 1.67. The SMILES string of the molecule is COCC1OC(O)[C@H](O)[C@@H]1O. The van der Waals surface area contributed by atoms with Crippen molar-refractivity contribution in [2.75, 3.05) is 13.7 Å². The van der Waals surface area contributed by atoms with Gasteiger partial charge in [0.1, 0.15) is 18.3 Å². The van der Waals surface area contributed by atoms with Crippen LogP contribution in [0.3, 0.4) is 0 Å². The minimum atomic E-state index is -1.30. The van der Waals surface area contributed by atoms with Crippen LogP contribution >= 0.6 is 0 Å². The van der Waals surface area contributed by atoms with E-state index in [0.29, 0.717) is 0 Å². The normalized spacial score (nSPS) is 44.7. The smallest absolute Gasteiger partial charge is 0.184 e. The van der Waals surface area contributed by atoms with E-state index < -0.39 is 24.6 Å². The third-order valence-electron chi connectivity index (χ3n) is 1.67. The molecule has 0 amide bonds. The summed E-state index contributed by atoms with van der Waals surface area (Å²) < 4.78 is 9.44. The van der Waals surface area contributed by atoms with E-state index in [1.807, 2.05) is 0 Å². The van der Waals surface area contributed by atoms with Crippen LogP contribution in [0.4, 0.5) is 0 Å².